The lowest BCUT2D eigenvalue weighted by atomic mass is 9.94. The summed E-state index contributed by atoms with van der Waals surface area (Å²) in [6, 6.07) is 6.92. The summed E-state index contributed by atoms with van der Waals surface area (Å²) in [6.45, 7) is 3.66. The standard InChI is InChI=1S/C18H23FN4O.ClH/c19-15-4-2-1-3-14(15)18(7-8-18)17-21-16(24-22-17)13-5-10-23(11-6-13)12-9-20;/h1-4,13H,5-12,20H2;1H. The molecule has 0 spiro atoms. The highest BCUT2D eigenvalue weighted by atomic mass is 35.5. The Kier molecular flexibility index (Phi) is 5.41. The van der Waals surface area contributed by atoms with Crippen LogP contribution in [0.5, 0.6) is 0 Å². The van der Waals surface area contributed by atoms with Crippen LogP contribution in [0, 0.1) is 5.82 Å². The highest BCUT2D eigenvalue weighted by molar-refractivity contribution is 5.85. The smallest absolute Gasteiger partial charge is 0.229 e. The molecule has 0 amide bonds. The van der Waals surface area contributed by atoms with Gasteiger partial charge in [0.05, 0.1) is 5.41 Å². The van der Waals surface area contributed by atoms with E-state index in [0.29, 0.717) is 29.7 Å². The molecule has 1 aliphatic heterocycles. The first-order valence-corrected chi connectivity index (χ1v) is 8.74. The molecule has 0 unspecified atom stereocenters. The van der Waals surface area contributed by atoms with E-state index in [4.69, 9.17) is 10.3 Å². The molecule has 0 atom stereocenters. The van der Waals surface area contributed by atoms with E-state index in [9.17, 15) is 4.39 Å². The number of halogens is 2. The molecule has 5 nitrogen and oxygen atoms in total. The Balaban J connectivity index is 0.00000182. The minimum absolute atomic E-state index is 0. The lowest BCUT2D eigenvalue weighted by Gasteiger charge is -2.29. The molecule has 0 radical (unpaired) electrons. The maximum atomic E-state index is 14.2. The van der Waals surface area contributed by atoms with Crippen molar-refractivity contribution < 1.29 is 8.91 Å². The molecule has 2 fully saturated rings. The minimum atomic E-state index is -0.382. The predicted octanol–water partition coefficient (Wildman–Crippen LogP) is 2.85. The van der Waals surface area contributed by atoms with Crippen LogP contribution in [0.3, 0.4) is 0 Å². The molecular weight excluding hydrogens is 343 g/mol. The van der Waals surface area contributed by atoms with Crippen LogP contribution >= 0.6 is 12.4 Å². The molecule has 136 valence electrons. The number of nitrogens with zero attached hydrogens (tertiary/aromatic N) is 3. The number of likely N-dealkylation sites (tertiary alicyclic amines) is 1. The Morgan fingerprint density at radius 2 is 1.96 bits per heavy atom. The summed E-state index contributed by atoms with van der Waals surface area (Å²) in [5.41, 5.74) is 5.93. The maximum Gasteiger partial charge on any atom is 0.229 e. The molecule has 2 aromatic rings. The molecule has 2 N–H and O–H groups in total. The molecule has 2 aliphatic rings. The highest BCUT2D eigenvalue weighted by Gasteiger charge is 2.51. The van der Waals surface area contributed by atoms with Gasteiger partial charge in [0.2, 0.25) is 5.89 Å². The number of hydrogen-bond donors (Lipinski definition) is 1. The average molecular weight is 367 g/mol. The number of piperidine rings is 1. The Hall–Kier alpha value is -1.50. The third kappa shape index (κ3) is 3.43. The largest absolute Gasteiger partial charge is 0.339 e. The summed E-state index contributed by atoms with van der Waals surface area (Å²) in [5, 5.41) is 4.21. The first-order valence-electron chi connectivity index (χ1n) is 8.74. The van der Waals surface area contributed by atoms with Crippen LogP contribution in [-0.4, -0.2) is 41.2 Å². The normalized spacial score (nSPS) is 20.2. The van der Waals surface area contributed by atoms with Gasteiger partial charge in [-0.25, -0.2) is 4.39 Å². The van der Waals surface area contributed by atoms with Gasteiger partial charge in [0, 0.05) is 24.6 Å². The monoisotopic (exact) mass is 366 g/mol. The first kappa shape index (κ1) is 18.3. The Morgan fingerprint density at radius 3 is 2.60 bits per heavy atom. The molecule has 7 heteroatoms. The SMILES string of the molecule is Cl.NCCN1CCC(c2nc(C3(c4ccccc4F)CC3)no2)CC1. The molecule has 1 aromatic heterocycles. The molecule has 2 heterocycles. The number of nitrogens with two attached hydrogens (primary N) is 1. The van der Waals surface area contributed by atoms with Gasteiger partial charge in [0.15, 0.2) is 5.82 Å². The second-order valence-electron chi connectivity index (χ2n) is 6.92. The minimum Gasteiger partial charge on any atom is -0.339 e. The topological polar surface area (TPSA) is 68.2 Å². The summed E-state index contributed by atoms with van der Waals surface area (Å²) in [7, 11) is 0. The quantitative estimate of drug-likeness (QED) is 0.881. The van der Waals surface area contributed by atoms with E-state index in [1.54, 1.807) is 6.07 Å². The second kappa shape index (κ2) is 7.40. The Morgan fingerprint density at radius 1 is 1.24 bits per heavy atom. The van der Waals surface area contributed by atoms with Crippen molar-refractivity contribution in [1.82, 2.24) is 15.0 Å². The van der Waals surface area contributed by atoms with E-state index < -0.39 is 0 Å². The van der Waals surface area contributed by atoms with Gasteiger partial charge in [-0.1, -0.05) is 23.4 Å². The number of hydrogen-bond acceptors (Lipinski definition) is 5. The predicted molar refractivity (Wildman–Crippen MR) is 95.4 cm³/mol. The van der Waals surface area contributed by atoms with Gasteiger partial charge < -0.3 is 15.2 Å². The van der Waals surface area contributed by atoms with E-state index in [1.165, 1.54) is 6.07 Å². The van der Waals surface area contributed by atoms with Crippen molar-refractivity contribution in [2.75, 3.05) is 26.2 Å². The van der Waals surface area contributed by atoms with Gasteiger partial charge >= 0.3 is 0 Å². The van der Waals surface area contributed by atoms with Crippen LogP contribution in [0.25, 0.3) is 0 Å². The van der Waals surface area contributed by atoms with E-state index in [1.807, 2.05) is 12.1 Å². The Labute approximate surface area is 153 Å². The molecule has 1 aliphatic carbocycles. The zero-order valence-corrected chi connectivity index (χ0v) is 15.0. The third-order valence-corrected chi connectivity index (χ3v) is 5.39. The molecule has 1 saturated carbocycles. The first-order chi connectivity index (χ1) is 11.7. The van der Waals surface area contributed by atoms with Crippen LogP contribution in [0.4, 0.5) is 4.39 Å². The van der Waals surface area contributed by atoms with Crippen molar-refractivity contribution in [3.8, 4) is 0 Å². The fourth-order valence-electron chi connectivity index (χ4n) is 3.77. The number of aromatic nitrogens is 2. The van der Waals surface area contributed by atoms with Crippen LogP contribution in [-0.2, 0) is 5.41 Å². The zero-order chi connectivity index (χ0) is 16.6. The lowest BCUT2D eigenvalue weighted by molar-refractivity contribution is 0.198. The van der Waals surface area contributed by atoms with E-state index >= 15 is 0 Å². The summed E-state index contributed by atoms with van der Waals surface area (Å²) < 4.78 is 19.7. The molecule has 4 rings (SSSR count). The molecule has 0 bridgehead atoms. The molecule has 1 saturated heterocycles. The highest BCUT2D eigenvalue weighted by Crippen LogP contribution is 2.53. The van der Waals surface area contributed by atoms with Gasteiger partial charge in [-0.05, 0) is 44.8 Å². The van der Waals surface area contributed by atoms with Gasteiger partial charge in [-0.2, -0.15) is 4.98 Å². The van der Waals surface area contributed by atoms with Crippen molar-refractivity contribution in [2.24, 2.45) is 5.73 Å². The van der Waals surface area contributed by atoms with Crippen LogP contribution in [0.2, 0.25) is 0 Å². The summed E-state index contributed by atoms with van der Waals surface area (Å²) in [4.78, 5) is 7.04. The van der Waals surface area contributed by atoms with Gasteiger partial charge in [-0.15, -0.1) is 12.4 Å². The maximum absolute atomic E-state index is 14.2. The lowest BCUT2D eigenvalue weighted by Crippen LogP contribution is -2.36. The zero-order valence-electron chi connectivity index (χ0n) is 14.2. The van der Waals surface area contributed by atoms with Crippen molar-refractivity contribution in [1.29, 1.82) is 0 Å². The van der Waals surface area contributed by atoms with Crippen molar-refractivity contribution in [2.45, 2.75) is 37.0 Å². The summed E-state index contributed by atoms with van der Waals surface area (Å²) in [6.07, 6.45) is 3.77. The van der Waals surface area contributed by atoms with Gasteiger partial charge in [0.25, 0.3) is 0 Å². The van der Waals surface area contributed by atoms with Crippen LogP contribution in [0.15, 0.2) is 28.8 Å². The molecular formula is C18H24ClFN4O. The van der Waals surface area contributed by atoms with Crippen molar-refractivity contribution >= 4 is 12.4 Å². The molecule has 1 aromatic carbocycles. The van der Waals surface area contributed by atoms with Crippen molar-refractivity contribution in [3.05, 3.63) is 47.4 Å². The van der Waals surface area contributed by atoms with Crippen LogP contribution < -0.4 is 5.73 Å². The fraction of sp³-hybridized carbons (Fsp3) is 0.556. The Bertz CT molecular complexity index is 711. The van der Waals surface area contributed by atoms with Crippen molar-refractivity contribution in [3.63, 3.8) is 0 Å². The summed E-state index contributed by atoms with van der Waals surface area (Å²) in [5.74, 6) is 1.47. The third-order valence-electron chi connectivity index (χ3n) is 5.39. The van der Waals surface area contributed by atoms with E-state index in [0.717, 1.165) is 45.3 Å². The fourth-order valence-corrected chi connectivity index (χ4v) is 3.77. The number of rotatable bonds is 5. The number of benzene rings is 1. The second-order valence-corrected chi connectivity index (χ2v) is 6.92. The van der Waals surface area contributed by atoms with Crippen LogP contribution in [0.1, 0.15) is 48.9 Å². The molecule has 25 heavy (non-hydrogen) atoms. The van der Waals surface area contributed by atoms with Gasteiger partial charge in [0.1, 0.15) is 5.82 Å². The average Bonchev–Trinajstić information content (AvgIpc) is 3.25. The van der Waals surface area contributed by atoms with E-state index in [-0.39, 0.29) is 23.6 Å². The summed E-state index contributed by atoms with van der Waals surface area (Å²) >= 11 is 0. The van der Waals surface area contributed by atoms with Gasteiger partial charge in [-0.3, -0.25) is 0 Å². The van der Waals surface area contributed by atoms with E-state index in [2.05, 4.69) is 15.0 Å².